The summed E-state index contributed by atoms with van der Waals surface area (Å²) in [6.07, 6.45) is 0. The first-order valence-corrected chi connectivity index (χ1v) is 4.66. The first-order valence-electron chi connectivity index (χ1n) is 3.85. The molecule has 2 aromatic rings. The fraction of sp³-hybridized carbons (Fsp3) is 0.222. The van der Waals surface area contributed by atoms with Gasteiger partial charge >= 0.3 is 4.94 Å². The maximum atomic E-state index is 10.6. The summed E-state index contributed by atoms with van der Waals surface area (Å²) in [5.74, 6) is 0. The number of fused-ring (bicyclic) bond motifs is 1. The molecule has 0 fully saturated rings. The highest BCUT2D eigenvalue weighted by atomic mass is 32.1. The molecule has 1 heterocycles. The van der Waals surface area contributed by atoms with Gasteiger partial charge in [-0.1, -0.05) is 37.3 Å². The molecule has 0 bridgehead atoms. The van der Waals surface area contributed by atoms with E-state index in [0.717, 1.165) is 16.0 Å². The topological polar surface area (TPSA) is 30.2 Å². The molecule has 0 saturated carbocycles. The van der Waals surface area contributed by atoms with E-state index in [0.29, 0.717) is 5.58 Å². The zero-order valence-electron chi connectivity index (χ0n) is 7.03. The number of para-hydroxylation sites is 1. The fourth-order valence-electron chi connectivity index (χ4n) is 0.819. The van der Waals surface area contributed by atoms with Crippen LogP contribution in [0.15, 0.2) is 33.5 Å². The van der Waals surface area contributed by atoms with E-state index in [1.807, 2.05) is 32.0 Å². The Kier molecular flexibility index (Phi) is 3.05. The molecule has 1 aromatic heterocycles. The molecular formula is C9H10O2S. The van der Waals surface area contributed by atoms with E-state index in [1.54, 1.807) is 6.07 Å². The molecule has 0 aliphatic rings. The van der Waals surface area contributed by atoms with Crippen LogP contribution in [0.5, 0.6) is 0 Å². The minimum atomic E-state index is -0.235. The highest BCUT2D eigenvalue weighted by Crippen LogP contribution is 2.14. The molecule has 3 heteroatoms. The van der Waals surface area contributed by atoms with Crippen LogP contribution in [0, 0.1) is 0 Å². The summed E-state index contributed by atoms with van der Waals surface area (Å²) in [7, 11) is 0. The Labute approximate surface area is 74.5 Å². The van der Waals surface area contributed by atoms with Crippen molar-refractivity contribution in [2.75, 3.05) is 0 Å². The van der Waals surface area contributed by atoms with Crippen LogP contribution in [0.3, 0.4) is 0 Å². The van der Waals surface area contributed by atoms with Crippen molar-refractivity contribution in [3.8, 4) is 0 Å². The summed E-state index contributed by atoms with van der Waals surface area (Å²) in [5.41, 5.74) is 0.678. The predicted octanol–water partition coefficient (Wildman–Crippen LogP) is 2.88. The molecule has 0 amide bonds. The smallest absolute Gasteiger partial charge is 0.396 e. The van der Waals surface area contributed by atoms with Gasteiger partial charge in [-0.15, -0.1) is 0 Å². The van der Waals surface area contributed by atoms with E-state index in [2.05, 4.69) is 0 Å². The summed E-state index contributed by atoms with van der Waals surface area (Å²) >= 11 is 1.13. The lowest BCUT2D eigenvalue weighted by molar-refractivity contribution is 0.585. The molecule has 0 spiro atoms. The number of benzene rings is 1. The summed E-state index contributed by atoms with van der Waals surface area (Å²) in [5, 5.41) is 0. The van der Waals surface area contributed by atoms with Crippen molar-refractivity contribution in [2.45, 2.75) is 13.8 Å². The normalized spacial score (nSPS) is 9.17. The monoisotopic (exact) mass is 182 g/mol. The van der Waals surface area contributed by atoms with Crippen molar-refractivity contribution in [1.29, 1.82) is 0 Å². The SMILES string of the molecule is CC.O=c1oc2ccccc2s1. The summed E-state index contributed by atoms with van der Waals surface area (Å²) < 4.78 is 5.74. The maximum absolute atomic E-state index is 10.6. The molecule has 0 unspecified atom stereocenters. The predicted molar refractivity (Wildman–Crippen MR) is 51.7 cm³/mol. The van der Waals surface area contributed by atoms with Gasteiger partial charge < -0.3 is 4.42 Å². The molecular weight excluding hydrogens is 172 g/mol. The minimum absolute atomic E-state index is 0.235. The lowest BCUT2D eigenvalue weighted by Gasteiger charge is -1.79. The van der Waals surface area contributed by atoms with Crippen LogP contribution in [0.4, 0.5) is 0 Å². The summed E-state index contributed by atoms with van der Waals surface area (Å²) in [6.45, 7) is 4.00. The van der Waals surface area contributed by atoms with E-state index in [9.17, 15) is 4.79 Å². The number of rotatable bonds is 0. The Morgan fingerprint density at radius 3 is 2.58 bits per heavy atom. The van der Waals surface area contributed by atoms with Gasteiger partial charge in [-0.25, -0.2) is 4.79 Å². The van der Waals surface area contributed by atoms with Crippen molar-refractivity contribution in [3.63, 3.8) is 0 Å². The molecule has 64 valence electrons. The minimum Gasteiger partial charge on any atom is -0.414 e. The Morgan fingerprint density at radius 1 is 1.25 bits per heavy atom. The lowest BCUT2D eigenvalue weighted by atomic mass is 10.4. The molecule has 0 radical (unpaired) electrons. The molecule has 0 atom stereocenters. The molecule has 2 rings (SSSR count). The Bertz CT molecular complexity index is 364. The van der Waals surface area contributed by atoms with Gasteiger partial charge in [-0.05, 0) is 12.1 Å². The second-order valence-corrected chi connectivity index (χ2v) is 2.88. The van der Waals surface area contributed by atoms with Gasteiger partial charge in [0.1, 0.15) is 5.58 Å². The zero-order valence-corrected chi connectivity index (χ0v) is 7.85. The van der Waals surface area contributed by atoms with Crippen LogP contribution in [0.25, 0.3) is 10.3 Å². The largest absolute Gasteiger partial charge is 0.414 e. The van der Waals surface area contributed by atoms with Crippen LogP contribution in [-0.4, -0.2) is 0 Å². The van der Waals surface area contributed by atoms with Gasteiger partial charge in [0.15, 0.2) is 0 Å². The van der Waals surface area contributed by atoms with Crippen LogP contribution in [0.1, 0.15) is 13.8 Å². The number of hydrogen-bond donors (Lipinski definition) is 0. The molecule has 0 saturated heterocycles. The Hall–Kier alpha value is -1.09. The van der Waals surface area contributed by atoms with Crippen molar-refractivity contribution >= 4 is 21.6 Å². The standard InChI is InChI=1S/C7H4O2S.C2H6/c8-7-9-5-3-1-2-4-6(5)10-7;1-2/h1-4H;1-2H3. The van der Waals surface area contributed by atoms with Gasteiger partial charge in [0.2, 0.25) is 0 Å². The van der Waals surface area contributed by atoms with E-state index in [1.165, 1.54) is 0 Å². The van der Waals surface area contributed by atoms with E-state index in [4.69, 9.17) is 4.42 Å². The summed E-state index contributed by atoms with van der Waals surface area (Å²) in [6, 6.07) is 7.38. The van der Waals surface area contributed by atoms with Crippen LogP contribution >= 0.6 is 11.3 Å². The van der Waals surface area contributed by atoms with Crippen molar-refractivity contribution in [1.82, 2.24) is 0 Å². The second-order valence-electron chi connectivity index (χ2n) is 1.90. The average molecular weight is 182 g/mol. The highest BCUT2D eigenvalue weighted by Gasteiger charge is 1.96. The third-order valence-electron chi connectivity index (χ3n) is 1.24. The second kappa shape index (κ2) is 4.07. The van der Waals surface area contributed by atoms with Crippen molar-refractivity contribution < 1.29 is 4.42 Å². The zero-order chi connectivity index (χ0) is 8.97. The van der Waals surface area contributed by atoms with Crippen LogP contribution in [-0.2, 0) is 0 Å². The Morgan fingerprint density at radius 2 is 1.92 bits per heavy atom. The molecule has 0 N–H and O–H groups in total. The molecule has 0 aliphatic heterocycles. The maximum Gasteiger partial charge on any atom is 0.396 e. The van der Waals surface area contributed by atoms with E-state index in [-0.39, 0.29) is 4.94 Å². The molecule has 0 aliphatic carbocycles. The highest BCUT2D eigenvalue weighted by molar-refractivity contribution is 7.16. The van der Waals surface area contributed by atoms with E-state index >= 15 is 0 Å². The van der Waals surface area contributed by atoms with Crippen LogP contribution in [0.2, 0.25) is 0 Å². The first kappa shape index (κ1) is 9.00. The summed E-state index contributed by atoms with van der Waals surface area (Å²) in [4.78, 5) is 10.4. The quantitative estimate of drug-likeness (QED) is 0.627. The molecule has 2 nitrogen and oxygen atoms in total. The first-order chi connectivity index (χ1) is 5.86. The lowest BCUT2D eigenvalue weighted by Crippen LogP contribution is -1.79. The molecule has 1 aromatic carbocycles. The van der Waals surface area contributed by atoms with Gasteiger partial charge in [0.05, 0.1) is 4.70 Å². The van der Waals surface area contributed by atoms with Crippen LogP contribution < -0.4 is 4.94 Å². The van der Waals surface area contributed by atoms with E-state index < -0.39 is 0 Å². The molecule has 12 heavy (non-hydrogen) atoms. The van der Waals surface area contributed by atoms with Gasteiger partial charge in [0.25, 0.3) is 0 Å². The van der Waals surface area contributed by atoms with Gasteiger partial charge in [-0.3, -0.25) is 0 Å². The third-order valence-corrected chi connectivity index (χ3v) is 2.04. The van der Waals surface area contributed by atoms with Crippen molar-refractivity contribution in [3.05, 3.63) is 34.0 Å². The average Bonchev–Trinajstić information content (AvgIpc) is 2.48. The van der Waals surface area contributed by atoms with Crippen molar-refractivity contribution in [2.24, 2.45) is 0 Å². The fourth-order valence-corrected chi connectivity index (χ4v) is 1.49. The van der Waals surface area contributed by atoms with Gasteiger partial charge in [0, 0.05) is 0 Å². The third kappa shape index (κ3) is 1.74. The number of hydrogen-bond acceptors (Lipinski definition) is 3. The van der Waals surface area contributed by atoms with Gasteiger partial charge in [-0.2, -0.15) is 0 Å². The Balaban J connectivity index is 0.000000336.